The van der Waals surface area contributed by atoms with Gasteiger partial charge in [0, 0.05) is 19.2 Å². The van der Waals surface area contributed by atoms with Gasteiger partial charge in [0.1, 0.15) is 11.8 Å². The van der Waals surface area contributed by atoms with E-state index in [4.69, 9.17) is 21.6 Å². The number of nitriles is 1. The lowest BCUT2D eigenvalue weighted by Crippen LogP contribution is -2.38. The number of likely N-dealkylation sites (tertiary alicyclic amines) is 1. The summed E-state index contributed by atoms with van der Waals surface area (Å²) >= 11 is 5.90. The van der Waals surface area contributed by atoms with Crippen LogP contribution < -0.4 is 4.74 Å². The van der Waals surface area contributed by atoms with Gasteiger partial charge >= 0.3 is 0 Å². The van der Waals surface area contributed by atoms with Crippen LogP contribution in [0, 0.1) is 11.3 Å². The monoisotopic (exact) mass is 278 g/mol. The van der Waals surface area contributed by atoms with Crippen LogP contribution in [0.5, 0.6) is 5.75 Å². The smallest absolute Gasteiger partial charge is 0.260 e. The van der Waals surface area contributed by atoms with Crippen molar-refractivity contribution in [1.82, 2.24) is 4.90 Å². The third kappa shape index (κ3) is 3.62. The first-order chi connectivity index (χ1) is 9.20. The Morgan fingerprint density at radius 2 is 2.11 bits per heavy atom. The summed E-state index contributed by atoms with van der Waals surface area (Å²) in [4.78, 5) is 13.7. The minimum atomic E-state index is 0.000169. The average molecular weight is 279 g/mol. The van der Waals surface area contributed by atoms with E-state index in [1.54, 1.807) is 18.2 Å². The van der Waals surface area contributed by atoms with Gasteiger partial charge in [-0.3, -0.25) is 4.79 Å². The molecule has 0 bridgehead atoms. The highest BCUT2D eigenvalue weighted by molar-refractivity contribution is 6.31. The van der Waals surface area contributed by atoms with E-state index in [9.17, 15) is 4.79 Å². The Balaban J connectivity index is 1.89. The van der Waals surface area contributed by atoms with Crippen LogP contribution in [0.2, 0.25) is 5.02 Å². The van der Waals surface area contributed by atoms with Crippen molar-refractivity contribution >= 4 is 17.5 Å². The number of halogens is 1. The predicted molar refractivity (Wildman–Crippen MR) is 72.1 cm³/mol. The molecule has 0 N–H and O–H groups in total. The summed E-state index contributed by atoms with van der Waals surface area (Å²) in [6.45, 7) is 1.65. The van der Waals surface area contributed by atoms with Gasteiger partial charge < -0.3 is 9.64 Å². The number of carbonyl (C=O) groups is 1. The first-order valence-corrected chi connectivity index (χ1v) is 6.69. The Morgan fingerprint density at radius 1 is 1.37 bits per heavy atom. The molecule has 1 fully saturated rings. The summed E-state index contributed by atoms with van der Waals surface area (Å²) in [5, 5.41) is 9.10. The van der Waals surface area contributed by atoms with Gasteiger partial charge in [-0.2, -0.15) is 5.26 Å². The molecule has 1 aromatic rings. The number of carbonyl (C=O) groups excluding carboxylic acids is 1. The van der Waals surface area contributed by atoms with Crippen LogP contribution in [-0.2, 0) is 4.79 Å². The summed E-state index contributed by atoms with van der Waals surface area (Å²) in [6.07, 6.45) is 3.32. The van der Waals surface area contributed by atoms with Crippen LogP contribution in [0.15, 0.2) is 18.2 Å². The summed E-state index contributed by atoms with van der Waals surface area (Å²) in [6, 6.07) is 6.77. The highest BCUT2D eigenvalue weighted by Gasteiger charge is 2.16. The van der Waals surface area contributed by atoms with Gasteiger partial charge in [-0.05, 0) is 31.4 Å². The number of nitrogens with zero attached hydrogens (tertiary/aromatic N) is 2. The molecule has 4 nitrogen and oxygen atoms in total. The molecule has 1 aliphatic rings. The van der Waals surface area contributed by atoms with E-state index in [-0.39, 0.29) is 12.5 Å². The van der Waals surface area contributed by atoms with E-state index in [2.05, 4.69) is 0 Å². The molecule has 0 saturated carbocycles. The maximum absolute atomic E-state index is 11.9. The number of amides is 1. The molecule has 0 unspecified atom stereocenters. The van der Waals surface area contributed by atoms with Gasteiger partial charge in [0.15, 0.2) is 6.61 Å². The molecule has 1 heterocycles. The van der Waals surface area contributed by atoms with Crippen LogP contribution in [-0.4, -0.2) is 30.5 Å². The Bertz CT molecular complexity index is 505. The van der Waals surface area contributed by atoms with E-state index >= 15 is 0 Å². The largest absolute Gasteiger partial charge is 0.484 e. The number of benzene rings is 1. The van der Waals surface area contributed by atoms with Crippen molar-refractivity contribution in [2.24, 2.45) is 0 Å². The van der Waals surface area contributed by atoms with Crippen molar-refractivity contribution in [2.75, 3.05) is 19.7 Å². The first-order valence-electron chi connectivity index (χ1n) is 6.31. The molecular formula is C14H15ClN2O2. The topological polar surface area (TPSA) is 53.3 Å². The fourth-order valence-electron chi connectivity index (χ4n) is 2.06. The summed E-state index contributed by atoms with van der Waals surface area (Å²) in [5.74, 6) is 0.509. The Labute approximate surface area is 117 Å². The lowest BCUT2D eigenvalue weighted by Gasteiger charge is -2.26. The molecule has 100 valence electrons. The Morgan fingerprint density at radius 3 is 2.74 bits per heavy atom. The third-order valence-electron chi connectivity index (χ3n) is 3.13. The molecule has 0 atom stereocenters. The van der Waals surface area contributed by atoms with Crippen LogP contribution in [0.3, 0.4) is 0 Å². The number of ether oxygens (including phenoxy) is 1. The van der Waals surface area contributed by atoms with Crippen molar-refractivity contribution in [3.8, 4) is 11.8 Å². The van der Waals surface area contributed by atoms with Gasteiger partial charge in [0.05, 0.1) is 10.6 Å². The van der Waals surface area contributed by atoms with Crippen molar-refractivity contribution in [1.29, 1.82) is 5.26 Å². The minimum absolute atomic E-state index is 0.000169. The maximum atomic E-state index is 11.9. The minimum Gasteiger partial charge on any atom is -0.484 e. The first kappa shape index (κ1) is 13.7. The van der Waals surface area contributed by atoms with Crippen LogP contribution in [0.4, 0.5) is 0 Å². The van der Waals surface area contributed by atoms with Gasteiger partial charge in [-0.15, -0.1) is 0 Å². The average Bonchev–Trinajstić information content (AvgIpc) is 2.46. The second-order valence-corrected chi connectivity index (χ2v) is 4.89. The van der Waals surface area contributed by atoms with E-state index in [0.29, 0.717) is 16.3 Å². The number of hydrogen-bond acceptors (Lipinski definition) is 3. The SMILES string of the molecule is N#Cc1ccc(OCC(=O)N2CCCCC2)cc1Cl. The fraction of sp³-hybridized carbons (Fsp3) is 0.429. The van der Waals surface area contributed by atoms with Crippen LogP contribution >= 0.6 is 11.6 Å². The van der Waals surface area contributed by atoms with E-state index in [1.807, 2.05) is 11.0 Å². The highest BCUT2D eigenvalue weighted by atomic mass is 35.5. The number of hydrogen-bond donors (Lipinski definition) is 0. The van der Waals surface area contributed by atoms with E-state index in [0.717, 1.165) is 25.9 Å². The molecule has 0 spiro atoms. The van der Waals surface area contributed by atoms with Crippen molar-refractivity contribution in [2.45, 2.75) is 19.3 Å². The molecule has 2 rings (SSSR count). The van der Waals surface area contributed by atoms with Gasteiger partial charge in [-0.1, -0.05) is 11.6 Å². The normalized spacial score (nSPS) is 14.8. The highest BCUT2D eigenvalue weighted by Crippen LogP contribution is 2.22. The van der Waals surface area contributed by atoms with E-state index in [1.165, 1.54) is 6.42 Å². The lowest BCUT2D eigenvalue weighted by atomic mass is 10.1. The Kier molecular flexibility index (Phi) is 4.64. The van der Waals surface area contributed by atoms with Crippen molar-refractivity contribution in [3.63, 3.8) is 0 Å². The zero-order valence-corrected chi connectivity index (χ0v) is 11.3. The van der Waals surface area contributed by atoms with Crippen LogP contribution in [0.1, 0.15) is 24.8 Å². The van der Waals surface area contributed by atoms with Crippen LogP contribution in [0.25, 0.3) is 0 Å². The molecule has 0 radical (unpaired) electrons. The second-order valence-electron chi connectivity index (χ2n) is 4.48. The third-order valence-corrected chi connectivity index (χ3v) is 3.44. The second kappa shape index (κ2) is 6.44. The molecular weight excluding hydrogens is 264 g/mol. The molecule has 0 aliphatic carbocycles. The maximum Gasteiger partial charge on any atom is 0.260 e. The van der Waals surface area contributed by atoms with Gasteiger partial charge in [0.2, 0.25) is 0 Å². The predicted octanol–water partition coefficient (Wildman–Crippen LogP) is 2.60. The van der Waals surface area contributed by atoms with E-state index < -0.39 is 0 Å². The fourth-order valence-corrected chi connectivity index (χ4v) is 2.27. The summed E-state index contributed by atoms with van der Waals surface area (Å²) in [7, 11) is 0. The standard InChI is InChI=1S/C14H15ClN2O2/c15-13-8-12(5-4-11(13)9-16)19-10-14(18)17-6-2-1-3-7-17/h4-5,8H,1-3,6-7,10H2. The summed E-state index contributed by atoms with van der Waals surface area (Å²) in [5.41, 5.74) is 0.399. The summed E-state index contributed by atoms with van der Waals surface area (Å²) < 4.78 is 5.42. The van der Waals surface area contributed by atoms with Crippen molar-refractivity contribution < 1.29 is 9.53 Å². The Hall–Kier alpha value is -1.73. The number of piperidine rings is 1. The molecule has 1 amide bonds. The molecule has 1 aliphatic heterocycles. The van der Waals surface area contributed by atoms with Crippen molar-refractivity contribution in [3.05, 3.63) is 28.8 Å². The molecule has 1 saturated heterocycles. The zero-order chi connectivity index (χ0) is 13.7. The number of rotatable bonds is 3. The zero-order valence-electron chi connectivity index (χ0n) is 10.6. The van der Waals surface area contributed by atoms with Gasteiger partial charge in [0.25, 0.3) is 5.91 Å². The lowest BCUT2D eigenvalue weighted by molar-refractivity contribution is -0.134. The molecule has 19 heavy (non-hydrogen) atoms. The quantitative estimate of drug-likeness (QED) is 0.854. The van der Waals surface area contributed by atoms with Gasteiger partial charge in [-0.25, -0.2) is 0 Å². The molecule has 0 aromatic heterocycles. The molecule has 5 heteroatoms. The molecule has 1 aromatic carbocycles.